The van der Waals surface area contributed by atoms with Crippen LogP contribution in [-0.4, -0.2) is 81.1 Å². The van der Waals surface area contributed by atoms with Crippen LogP contribution in [0.15, 0.2) is 6.33 Å². The Morgan fingerprint density at radius 3 is 2.77 bits per heavy atom. The van der Waals surface area contributed by atoms with Gasteiger partial charge in [-0.15, -0.1) is 10.2 Å². The Morgan fingerprint density at radius 1 is 1.35 bits per heavy atom. The zero-order chi connectivity index (χ0) is 18.3. The van der Waals surface area contributed by atoms with Gasteiger partial charge in [-0.05, 0) is 26.7 Å². The zero-order valence-electron chi connectivity index (χ0n) is 15.7. The molecule has 0 aliphatic carbocycles. The van der Waals surface area contributed by atoms with E-state index in [9.17, 15) is 9.90 Å². The number of rotatable bonds is 5. The number of hydrogen-bond acceptors (Lipinski definition) is 6. The lowest BCUT2D eigenvalue weighted by molar-refractivity contribution is -0.149. The summed E-state index contributed by atoms with van der Waals surface area (Å²) in [5.74, 6) is 0.449. The van der Waals surface area contributed by atoms with E-state index in [-0.39, 0.29) is 5.92 Å². The minimum Gasteiger partial charge on any atom is -0.481 e. The first-order valence-electron chi connectivity index (χ1n) is 9.65. The van der Waals surface area contributed by atoms with Crippen molar-refractivity contribution in [2.45, 2.75) is 45.3 Å². The molecule has 1 aromatic heterocycles. The van der Waals surface area contributed by atoms with Gasteiger partial charge in [0.1, 0.15) is 12.2 Å². The lowest BCUT2D eigenvalue weighted by atomic mass is 9.81. The quantitative estimate of drug-likeness (QED) is 0.830. The van der Waals surface area contributed by atoms with Crippen molar-refractivity contribution in [2.24, 2.45) is 11.3 Å². The molecule has 3 saturated heterocycles. The van der Waals surface area contributed by atoms with Crippen molar-refractivity contribution in [1.29, 1.82) is 0 Å². The van der Waals surface area contributed by atoms with Crippen molar-refractivity contribution in [3.05, 3.63) is 12.2 Å². The van der Waals surface area contributed by atoms with E-state index < -0.39 is 11.4 Å². The maximum atomic E-state index is 12.2. The fourth-order valence-electron chi connectivity index (χ4n) is 4.97. The third kappa shape index (κ3) is 3.04. The van der Waals surface area contributed by atoms with Crippen LogP contribution in [-0.2, 0) is 16.1 Å². The molecule has 0 unspecified atom stereocenters. The molecule has 8 heteroatoms. The SMILES string of the molecule is CC(C)n1cnnc1CN1C[C@H]2CN(C3CCOCC3)C[C@@]2(C(=O)O)C1. The van der Waals surface area contributed by atoms with Crippen LogP contribution < -0.4 is 0 Å². The molecule has 1 aromatic rings. The lowest BCUT2D eigenvalue weighted by Crippen LogP contribution is -2.44. The van der Waals surface area contributed by atoms with Gasteiger partial charge in [0.15, 0.2) is 0 Å². The van der Waals surface area contributed by atoms with Gasteiger partial charge < -0.3 is 14.4 Å². The number of likely N-dealkylation sites (tertiary alicyclic amines) is 2. The van der Waals surface area contributed by atoms with Crippen LogP contribution in [0.3, 0.4) is 0 Å². The van der Waals surface area contributed by atoms with Gasteiger partial charge in [-0.1, -0.05) is 0 Å². The summed E-state index contributed by atoms with van der Waals surface area (Å²) in [6.07, 6.45) is 3.80. The van der Waals surface area contributed by atoms with Gasteiger partial charge in [0, 0.05) is 57.4 Å². The topological polar surface area (TPSA) is 83.7 Å². The molecule has 0 radical (unpaired) electrons. The Kier molecular flexibility index (Phi) is 4.75. The van der Waals surface area contributed by atoms with Crippen LogP contribution in [0.25, 0.3) is 0 Å². The summed E-state index contributed by atoms with van der Waals surface area (Å²) >= 11 is 0. The van der Waals surface area contributed by atoms with Crippen molar-refractivity contribution < 1.29 is 14.6 Å². The maximum absolute atomic E-state index is 12.2. The third-order valence-corrected chi connectivity index (χ3v) is 6.41. The van der Waals surface area contributed by atoms with Gasteiger partial charge in [0.2, 0.25) is 0 Å². The highest BCUT2D eigenvalue weighted by atomic mass is 16.5. The first-order chi connectivity index (χ1) is 12.5. The second-order valence-corrected chi connectivity index (χ2v) is 8.35. The minimum atomic E-state index is -0.652. The van der Waals surface area contributed by atoms with E-state index in [4.69, 9.17) is 4.74 Å². The molecule has 0 saturated carbocycles. The average Bonchev–Trinajstić information content (AvgIpc) is 3.28. The largest absolute Gasteiger partial charge is 0.481 e. The van der Waals surface area contributed by atoms with E-state index in [1.165, 1.54) is 0 Å². The highest BCUT2D eigenvalue weighted by molar-refractivity contribution is 5.77. The number of hydrogen-bond donors (Lipinski definition) is 1. The fourth-order valence-corrected chi connectivity index (χ4v) is 4.97. The molecular weight excluding hydrogens is 334 g/mol. The van der Waals surface area contributed by atoms with Crippen molar-refractivity contribution in [1.82, 2.24) is 24.6 Å². The number of nitrogens with zero attached hydrogens (tertiary/aromatic N) is 5. The Labute approximate surface area is 154 Å². The van der Waals surface area contributed by atoms with Crippen LogP contribution in [0.2, 0.25) is 0 Å². The fraction of sp³-hybridized carbons (Fsp3) is 0.833. The molecule has 3 fully saturated rings. The van der Waals surface area contributed by atoms with E-state index in [0.29, 0.717) is 31.7 Å². The van der Waals surface area contributed by atoms with Gasteiger partial charge in [0.25, 0.3) is 0 Å². The smallest absolute Gasteiger partial charge is 0.312 e. The third-order valence-electron chi connectivity index (χ3n) is 6.41. The van der Waals surface area contributed by atoms with Crippen molar-refractivity contribution >= 4 is 5.97 Å². The summed E-state index contributed by atoms with van der Waals surface area (Å²) in [6, 6.07) is 0.780. The number of carboxylic acid groups (broad SMARTS) is 1. The summed E-state index contributed by atoms with van der Waals surface area (Å²) in [5.41, 5.74) is -0.652. The number of fused-ring (bicyclic) bond motifs is 1. The Morgan fingerprint density at radius 2 is 2.12 bits per heavy atom. The molecule has 0 amide bonds. The Bertz CT molecular complexity index is 657. The molecule has 26 heavy (non-hydrogen) atoms. The average molecular weight is 363 g/mol. The molecule has 4 rings (SSSR count). The van der Waals surface area contributed by atoms with Crippen LogP contribution in [0.4, 0.5) is 0 Å². The van der Waals surface area contributed by atoms with Gasteiger partial charge >= 0.3 is 5.97 Å². The Hall–Kier alpha value is -1.51. The van der Waals surface area contributed by atoms with Crippen LogP contribution in [0, 0.1) is 11.3 Å². The molecule has 1 N–H and O–H groups in total. The molecule has 0 aromatic carbocycles. The molecule has 8 nitrogen and oxygen atoms in total. The van der Waals surface area contributed by atoms with Gasteiger partial charge in [-0.3, -0.25) is 14.6 Å². The molecule has 4 heterocycles. The molecule has 0 bridgehead atoms. The first kappa shape index (κ1) is 17.9. The normalized spacial score (nSPS) is 31.0. The van der Waals surface area contributed by atoms with Crippen LogP contribution in [0.5, 0.6) is 0 Å². The van der Waals surface area contributed by atoms with E-state index >= 15 is 0 Å². The monoisotopic (exact) mass is 363 g/mol. The predicted molar refractivity (Wildman–Crippen MR) is 94.7 cm³/mol. The standard InChI is InChI=1S/C18H29N5O3/c1-13(2)23-12-19-20-16(23)9-21-7-14-8-22(15-3-5-26-6-4-15)11-18(14,10-21)17(24)25/h12-15H,3-11H2,1-2H3,(H,24,25)/t14-,18-/m0/s1. The summed E-state index contributed by atoms with van der Waals surface area (Å²) in [6.45, 7) is 9.42. The Balaban J connectivity index is 1.46. The number of carboxylic acids is 1. The molecule has 3 aliphatic rings. The number of aromatic nitrogens is 3. The maximum Gasteiger partial charge on any atom is 0.312 e. The summed E-state index contributed by atoms with van der Waals surface area (Å²) in [5, 5.41) is 18.3. The van der Waals surface area contributed by atoms with E-state index in [0.717, 1.165) is 45.0 Å². The lowest BCUT2D eigenvalue weighted by Gasteiger charge is -2.33. The van der Waals surface area contributed by atoms with Crippen molar-refractivity contribution in [3.8, 4) is 0 Å². The van der Waals surface area contributed by atoms with Crippen LogP contribution in [0.1, 0.15) is 38.6 Å². The van der Waals surface area contributed by atoms with E-state index in [2.05, 4.69) is 38.4 Å². The van der Waals surface area contributed by atoms with Crippen LogP contribution >= 0.6 is 0 Å². The van der Waals surface area contributed by atoms with Crippen molar-refractivity contribution in [2.75, 3.05) is 39.4 Å². The summed E-state index contributed by atoms with van der Waals surface area (Å²) in [7, 11) is 0. The number of aliphatic carboxylic acids is 1. The first-order valence-corrected chi connectivity index (χ1v) is 9.65. The molecular formula is C18H29N5O3. The van der Waals surface area contributed by atoms with Gasteiger partial charge in [-0.2, -0.15) is 0 Å². The second-order valence-electron chi connectivity index (χ2n) is 8.35. The van der Waals surface area contributed by atoms with Gasteiger partial charge in [-0.25, -0.2) is 0 Å². The molecule has 144 valence electrons. The molecule has 0 spiro atoms. The molecule has 3 aliphatic heterocycles. The minimum absolute atomic E-state index is 0.179. The van der Waals surface area contributed by atoms with Gasteiger partial charge in [0.05, 0.1) is 12.0 Å². The summed E-state index contributed by atoms with van der Waals surface area (Å²) < 4.78 is 7.53. The highest BCUT2D eigenvalue weighted by Gasteiger charge is 2.58. The predicted octanol–water partition coefficient (Wildman–Crippen LogP) is 0.856. The summed E-state index contributed by atoms with van der Waals surface area (Å²) in [4.78, 5) is 16.9. The number of ether oxygens (including phenoxy) is 1. The van der Waals surface area contributed by atoms with Crippen molar-refractivity contribution in [3.63, 3.8) is 0 Å². The van der Waals surface area contributed by atoms with E-state index in [1.54, 1.807) is 6.33 Å². The highest BCUT2D eigenvalue weighted by Crippen LogP contribution is 2.44. The second kappa shape index (κ2) is 6.90. The number of carbonyl (C=O) groups is 1. The zero-order valence-corrected chi connectivity index (χ0v) is 15.7. The molecule has 2 atom stereocenters. The van der Waals surface area contributed by atoms with E-state index in [1.807, 2.05) is 0 Å².